The third-order valence-electron chi connectivity index (χ3n) is 3.21. The standard InChI is InChI=1S/C14H17ClFN3S/c1-8-9(2)20-14(18-8)7-12(19-17)5-10-3-4-11(16)6-13(10)15/h3-4,6,12,19H,5,7,17H2,1-2H3. The molecule has 0 amide bonds. The first kappa shape index (κ1) is 15.4. The second-order valence-electron chi connectivity index (χ2n) is 4.76. The Kier molecular flexibility index (Phi) is 5.10. The van der Waals surface area contributed by atoms with E-state index in [9.17, 15) is 4.39 Å². The van der Waals surface area contributed by atoms with E-state index in [2.05, 4.69) is 17.3 Å². The summed E-state index contributed by atoms with van der Waals surface area (Å²) >= 11 is 7.72. The lowest BCUT2D eigenvalue weighted by atomic mass is 10.0. The molecule has 0 bridgehead atoms. The number of hydrazine groups is 1. The summed E-state index contributed by atoms with van der Waals surface area (Å²) in [7, 11) is 0. The van der Waals surface area contributed by atoms with Gasteiger partial charge in [0.1, 0.15) is 5.82 Å². The maximum Gasteiger partial charge on any atom is 0.124 e. The summed E-state index contributed by atoms with van der Waals surface area (Å²) in [6, 6.07) is 4.44. The number of benzene rings is 1. The van der Waals surface area contributed by atoms with Crippen molar-refractivity contribution in [3.8, 4) is 0 Å². The van der Waals surface area contributed by atoms with Gasteiger partial charge in [-0.25, -0.2) is 9.37 Å². The van der Waals surface area contributed by atoms with Crippen LogP contribution in [0.15, 0.2) is 18.2 Å². The second-order valence-corrected chi connectivity index (χ2v) is 6.45. The van der Waals surface area contributed by atoms with Crippen LogP contribution in [-0.2, 0) is 12.8 Å². The molecule has 108 valence electrons. The number of nitrogens with zero attached hydrogens (tertiary/aromatic N) is 1. The summed E-state index contributed by atoms with van der Waals surface area (Å²) in [5, 5.41) is 1.47. The Morgan fingerprint density at radius 1 is 1.40 bits per heavy atom. The van der Waals surface area contributed by atoms with E-state index >= 15 is 0 Å². The van der Waals surface area contributed by atoms with Crippen molar-refractivity contribution in [2.45, 2.75) is 32.7 Å². The zero-order chi connectivity index (χ0) is 14.7. The van der Waals surface area contributed by atoms with E-state index in [1.54, 1.807) is 17.4 Å². The molecule has 2 aromatic rings. The highest BCUT2D eigenvalue weighted by molar-refractivity contribution is 7.11. The van der Waals surface area contributed by atoms with Crippen LogP contribution in [0.3, 0.4) is 0 Å². The van der Waals surface area contributed by atoms with Gasteiger partial charge < -0.3 is 0 Å². The fourth-order valence-corrected chi connectivity index (χ4v) is 3.24. The van der Waals surface area contributed by atoms with E-state index in [1.165, 1.54) is 17.0 Å². The van der Waals surface area contributed by atoms with Gasteiger partial charge in [-0.1, -0.05) is 17.7 Å². The monoisotopic (exact) mass is 313 g/mol. The summed E-state index contributed by atoms with van der Waals surface area (Å²) < 4.78 is 13.0. The quantitative estimate of drug-likeness (QED) is 0.658. The van der Waals surface area contributed by atoms with Gasteiger partial charge in [-0.15, -0.1) is 11.3 Å². The lowest BCUT2D eigenvalue weighted by molar-refractivity contribution is 0.520. The summed E-state index contributed by atoms with van der Waals surface area (Å²) in [6.45, 7) is 4.05. The minimum absolute atomic E-state index is 0.0166. The number of aryl methyl sites for hydroxylation is 2. The van der Waals surface area contributed by atoms with Crippen molar-refractivity contribution in [1.29, 1.82) is 0 Å². The van der Waals surface area contributed by atoms with Crippen LogP contribution in [0.1, 0.15) is 21.1 Å². The van der Waals surface area contributed by atoms with Crippen molar-refractivity contribution in [3.63, 3.8) is 0 Å². The van der Waals surface area contributed by atoms with Crippen LogP contribution in [0.4, 0.5) is 4.39 Å². The van der Waals surface area contributed by atoms with E-state index in [0.29, 0.717) is 11.4 Å². The maximum atomic E-state index is 13.0. The molecule has 0 aliphatic rings. The van der Waals surface area contributed by atoms with E-state index in [0.717, 1.165) is 22.7 Å². The van der Waals surface area contributed by atoms with Crippen LogP contribution in [-0.4, -0.2) is 11.0 Å². The van der Waals surface area contributed by atoms with Crippen molar-refractivity contribution in [2.75, 3.05) is 0 Å². The highest BCUT2D eigenvalue weighted by atomic mass is 35.5. The van der Waals surface area contributed by atoms with Gasteiger partial charge in [0.2, 0.25) is 0 Å². The molecule has 3 nitrogen and oxygen atoms in total. The van der Waals surface area contributed by atoms with Crippen molar-refractivity contribution in [2.24, 2.45) is 5.84 Å². The predicted octanol–water partition coefficient (Wildman–Crippen LogP) is 3.17. The van der Waals surface area contributed by atoms with Gasteiger partial charge in [0.25, 0.3) is 0 Å². The predicted molar refractivity (Wildman–Crippen MR) is 81.5 cm³/mol. The second kappa shape index (κ2) is 6.63. The zero-order valence-electron chi connectivity index (χ0n) is 11.4. The minimum Gasteiger partial charge on any atom is -0.271 e. The molecule has 6 heteroatoms. The van der Waals surface area contributed by atoms with Gasteiger partial charge >= 0.3 is 0 Å². The van der Waals surface area contributed by atoms with Crippen molar-refractivity contribution < 1.29 is 4.39 Å². The van der Waals surface area contributed by atoms with E-state index in [1.807, 2.05) is 6.92 Å². The minimum atomic E-state index is -0.331. The average molecular weight is 314 g/mol. The van der Waals surface area contributed by atoms with Gasteiger partial charge in [0.15, 0.2) is 0 Å². The van der Waals surface area contributed by atoms with Gasteiger partial charge in [-0.3, -0.25) is 11.3 Å². The number of nitrogens with two attached hydrogens (primary N) is 1. The van der Waals surface area contributed by atoms with Crippen LogP contribution in [0.25, 0.3) is 0 Å². The van der Waals surface area contributed by atoms with Crippen LogP contribution < -0.4 is 11.3 Å². The number of nitrogens with one attached hydrogen (secondary N) is 1. The molecule has 0 saturated heterocycles. The largest absolute Gasteiger partial charge is 0.271 e. The van der Waals surface area contributed by atoms with E-state index in [4.69, 9.17) is 17.4 Å². The maximum absolute atomic E-state index is 13.0. The van der Waals surface area contributed by atoms with Crippen molar-refractivity contribution in [1.82, 2.24) is 10.4 Å². The third-order valence-corrected chi connectivity index (χ3v) is 4.66. The molecule has 0 spiro atoms. The zero-order valence-corrected chi connectivity index (χ0v) is 13.0. The van der Waals surface area contributed by atoms with Crippen LogP contribution in [0, 0.1) is 19.7 Å². The lowest BCUT2D eigenvalue weighted by Gasteiger charge is -2.15. The molecule has 1 aromatic heterocycles. The van der Waals surface area contributed by atoms with Crippen LogP contribution in [0.2, 0.25) is 5.02 Å². The van der Waals surface area contributed by atoms with Crippen LogP contribution in [0.5, 0.6) is 0 Å². The lowest BCUT2D eigenvalue weighted by Crippen LogP contribution is -2.38. The van der Waals surface area contributed by atoms with Gasteiger partial charge in [0, 0.05) is 22.4 Å². The highest BCUT2D eigenvalue weighted by Crippen LogP contribution is 2.22. The first-order valence-electron chi connectivity index (χ1n) is 6.32. The fraction of sp³-hybridized carbons (Fsp3) is 0.357. The normalized spacial score (nSPS) is 12.7. The molecule has 3 N–H and O–H groups in total. The third kappa shape index (κ3) is 3.76. The Morgan fingerprint density at radius 3 is 2.70 bits per heavy atom. The highest BCUT2D eigenvalue weighted by Gasteiger charge is 2.14. The number of rotatable bonds is 5. The van der Waals surface area contributed by atoms with Crippen molar-refractivity contribution >= 4 is 22.9 Å². The van der Waals surface area contributed by atoms with Gasteiger partial charge in [0.05, 0.1) is 10.7 Å². The van der Waals surface area contributed by atoms with Gasteiger partial charge in [-0.2, -0.15) is 0 Å². The Hall–Kier alpha value is -1.01. The first-order valence-corrected chi connectivity index (χ1v) is 7.52. The van der Waals surface area contributed by atoms with Crippen molar-refractivity contribution in [3.05, 3.63) is 50.2 Å². The number of aromatic nitrogens is 1. The SMILES string of the molecule is Cc1nc(CC(Cc2ccc(F)cc2Cl)NN)sc1C. The first-order chi connectivity index (χ1) is 9.49. The topological polar surface area (TPSA) is 50.9 Å². The molecule has 0 radical (unpaired) electrons. The molecular weight excluding hydrogens is 297 g/mol. The number of hydrogen-bond donors (Lipinski definition) is 2. The Bertz CT molecular complexity index is 581. The molecule has 20 heavy (non-hydrogen) atoms. The summed E-state index contributed by atoms with van der Waals surface area (Å²) in [4.78, 5) is 5.72. The van der Waals surface area contributed by atoms with Crippen LogP contribution >= 0.6 is 22.9 Å². The molecule has 1 heterocycles. The molecule has 0 aliphatic carbocycles. The van der Waals surface area contributed by atoms with Gasteiger partial charge in [-0.05, 0) is 38.0 Å². The molecule has 0 fully saturated rings. The number of hydrogen-bond acceptors (Lipinski definition) is 4. The number of halogens is 2. The molecule has 1 atom stereocenters. The smallest absolute Gasteiger partial charge is 0.124 e. The molecule has 0 saturated carbocycles. The van der Waals surface area contributed by atoms with E-state index in [-0.39, 0.29) is 11.9 Å². The molecule has 0 aliphatic heterocycles. The molecular formula is C14H17ClFN3S. The Balaban J connectivity index is 2.08. The molecule has 2 rings (SSSR count). The summed E-state index contributed by atoms with van der Waals surface area (Å²) in [6.07, 6.45) is 1.36. The molecule has 1 unspecified atom stereocenters. The van der Waals surface area contributed by atoms with E-state index < -0.39 is 0 Å². The number of thiazole rings is 1. The molecule has 1 aromatic carbocycles. The summed E-state index contributed by atoms with van der Waals surface area (Å²) in [5.41, 5.74) is 4.72. The average Bonchev–Trinajstić information content (AvgIpc) is 2.70. The Labute approximate surface area is 127 Å². The summed E-state index contributed by atoms with van der Waals surface area (Å²) in [5.74, 6) is 5.27. The Morgan fingerprint density at radius 2 is 2.15 bits per heavy atom. The fourth-order valence-electron chi connectivity index (χ4n) is 1.98.